The lowest BCUT2D eigenvalue weighted by Crippen LogP contribution is -2.49. The molecule has 0 spiro atoms. The van der Waals surface area contributed by atoms with Crippen molar-refractivity contribution in [3.8, 4) is 11.1 Å². The van der Waals surface area contributed by atoms with Gasteiger partial charge in [-0.1, -0.05) is 54.6 Å². The molecular weight excluding hydrogens is 448 g/mol. The Balaban J connectivity index is 1.52. The van der Waals surface area contributed by atoms with Crippen LogP contribution in [0.15, 0.2) is 72.8 Å². The van der Waals surface area contributed by atoms with Crippen LogP contribution in [0.2, 0.25) is 0 Å². The number of nitrogens with zero attached hydrogens (tertiary/aromatic N) is 1. The summed E-state index contributed by atoms with van der Waals surface area (Å²) in [5.41, 5.74) is 1.10. The third-order valence-electron chi connectivity index (χ3n) is 6.82. The Morgan fingerprint density at radius 2 is 1.74 bits per heavy atom. The van der Waals surface area contributed by atoms with Gasteiger partial charge in [0.2, 0.25) is 0 Å². The molecule has 1 amide bonds. The van der Waals surface area contributed by atoms with E-state index in [0.717, 1.165) is 17.2 Å². The van der Waals surface area contributed by atoms with Crippen molar-refractivity contribution in [2.45, 2.75) is 57.3 Å². The third kappa shape index (κ3) is 5.54. The monoisotopic (exact) mass is 479 g/mol. The summed E-state index contributed by atoms with van der Waals surface area (Å²) in [5, 5.41) is 10.3. The number of rotatable bonds is 7. The van der Waals surface area contributed by atoms with Crippen LogP contribution >= 0.6 is 0 Å². The van der Waals surface area contributed by atoms with Crippen molar-refractivity contribution >= 4 is 6.09 Å². The zero-order valence-electron chi connectivity index (χ0n) is 20.3. The molecule has 2 unspecified atom stereocenters. The van der Waals surface area contributed by atoms with E-state index >= 15 is 0 Å². The molecule has 0 radical (unpaired) electrons. The SMILES string of the molecule is CC(c1ccc(-c2ccc(F)cc2F)cc1)N1CCC(CCC(C)(C)O)(c2ccccc2)OC1=O. The molecule has 1 heterocycles. The first kappa shape index (κ1) is 24.9. The summed E-state index contributed by atoms with van der Waals surface area (Å²) in [6.07, 6.45) is 1.21. The summed E-state index contributed by atoms with van der Waals surface area (Å²) < 4.78 is 33.5. The number of halogens is 2. The van der Waals surface area contributed by atoms with Crippen LogP contribution in [0, 0.1) is 11.6 Å². The number of amides is 1. The largest absolute Gasteiger partial charge is 0.438 e. The molecule has 2 atom stereocenters. The lowest BCUT2D eigenvalue weighted by molar-refractivity contribution is -0.0767. The van der Waals surface area contributed by atoms with Crippen molar-refractivity contribution in [1.82, 2.24) is 4.90 Å². The number of carbonyl (C=O) groups is 1. The molecule has 0 aliphatic carbocycles. The second-order valence-corrected chi connectivity index (χ2v) is 9.91. The van der Waals surface area contributed by atoms with Crippen molar-refractivity contribution < 1.29 is 23.4 Å². The van der Waals surface area contributed by atoms with E-state index in [1.54, 1.807) is 30.9 Å². The molecule has 6 heteroatoms. The van der Waals surface area contributed by atoms with Crippen LogP contribution in [0.5, 0.6) is 0 Å². The molecule has 1 N–H and O–H groups in total. The highest BCUT2D eigenvalue weighted by Gasteiger charge is 2.44. The molecule has 3 aromatic rings. The van der Waals surface area contributed by atoms with E-state index in [2.05, 4.69) is 0 Å². The molecule has 184 valence electrons. The molecule has 0 aromatic heterocycles. The average Bonchev–Trinajstić information content (AvgIpc) is 2.83. The summed E-state index contributed by atoms with van der Waals surface area (Å²) in [4.78, 5) is 14.9. The van der Waals surface area contributed by atoms with Gasteiger partial charge in [0, 0.05) is 24.6 Å². The maximum atomic E-state index is 14.2. The topological polar surface area (TPSA) is 49.8 Å². The predicted octanol–water partition coefficient (Wildman–Crippen LogP) is 6.98. The van der Waals surface area contributed by atoms with Gasteiger partial charge in [0.25, 0.3) is 0 Å². The standard InChI is InChI=1S/C29H31F2NO3/c1-20(21-9-11-22(12-10-21)25-14-13-24(30)19-26(25)31)32-18-17-29(35-27(32)33,16-15-28(2,3)34)23-7-5-4-6-8-23/h4-14,19-20,34H,15-18H2,1-3H3. The Morgan fingerprint density at radius 1 is 1.06 bits per heavy atom. The van der Waals surface area contributed by atoms with E-state index in [1.165, 1.54) is 12.1 Å². The molecule has 3 aromatic carbocycles. The number of cyclic esters (lactones) is 1. The lowest BCUT2D eigenvalue weighted by atomic mass is 9.82. The van der Waals surface area contributed by atoms with Crippen LogP contribution in [-0.4, -0.2) is 28.2 Å². The Morgan fingerprint density at radius 3 is 2.34 bits per heavy atom. The maximum Gasteiger partial charge on any atom is 0.411 e. The minimum absolute atomic E-state index is 0.252. The normalized spacial score (nSPS) is 19.4. The van der Waals surface area contributed by atoms with Crippen LogP contribution in [0.3, 0.4) is 0 Å². The molecule has 1 aliphatic heterocycles. The number of aliphatic hydroxyl groups is 1. The highest BCUT2D eigenvalue weighted by molar-refractivity contribution is 5.70. The first-order valence-electron chi connectivity index (χ1n) is 11.9. The van der Waals surface area contributed by atoms with Crippen molar-refractivity contribution in [1.29, 1.82) is 0 Å². The van der Waals surface area contributed by atoms with Crippen molar-refractivity contribution in [2.24, 2.45) is 0 Å². The first-order chi connectivity index (χ1) is 16.6. The van der Waals surface area contributed by atoms with E-state index in [1.807, 2.05) is 49.4 Å². The Hall–Kier alpha value is -3.25. The number of carbonyl (C=O) groups excluding carboxylic acids is 1. The predicted molar refractivity (Wildman–Crippen MR) is 132 cm³/mol. The van der Waals surface area contributed by atoms with Gasteiger partial charge in [0.1, 0.15) is 17.2 Å². The summed E-state index contributed by atoms with van der Waals surface area (Å²) >= 11 is 0. The molecule has 0 saturated carbocycles. The van der Waals surface area contributed by atoms with Gasteiger partial charge in [-0.15, -0.1) is 0 Å². The Labute approximate surface area is 205 Å². The molecule has 4 nitrogen and oxygen atoms in total. The Kier molecular flexibility index (Phi) is 6.95. The molecule has 35 heavy (non-hydrogen) atoms. The summed E-state index contributed by atoms with van der Waals surface area (Å²) in [5.74, 6) is -1.23. The molecule has 0 bridgehead atoms. The fourth-order valence-corrected chi connectivity index (χ4v) is 4.64. The molecular formula is C29H31F2NO3. The third-order valence-corrected chi connectivity index (χ3v) is 6.82. The molecule has 1 fully saturated rings. The number of hydrogen-bond acceptors (Lipinski definition) is 3. The van der Waals surface area contributed by atoms with Crippen LogP contribution in [0.4, 0.5) is 13.6 Å². The fraction of sp³-hybridized carbons (Fsp3) is 0.345. The van der Waals surface area contributed by atoms with Crippen LogP contribution in [-0.2, 0) is 10.3 Å². The van der Waals surface area contributed by atoms with E-state index in [-0.39, 0.29) is 6.04 Å². The van der Waals surface area contributed by atoms with Gasteiger partial charge in [-0.05, 0) is 62.4 Å². The fourth-order valence-electron chi connectivity index (χ4n) is 4.64. The number of ether oxygens (including phenoxy) is 1. The molecule has 4 rings (SSSR count). The lowest BCUT2D eigenvalue weighted by Gasteiger charge is -2.44. The van der Waals surface area contributed by atoms with Crippen molar-refractivity contribution in [3.63, 3.8) is 0 Å². The second kappa shape index (κ2) is 9.78. The van der Waals surface area contributed by atoms with Gasteiger partial charge in [0.05, 0.1) is 11.6 Å². The van der Waals surface area contributed by atoms with E-state index in [9.17, 15) is 18.7 Å². The van der Waals surface area contributed by atoms with Gasteiger partial charge in [0.15, 0.2) is 0 Å². The van der Waals surface area contributed by atoms with Gasteiger partial charge >= 0.3 is 6.09 Å². The van der Waals surface area contributed by atoms with Gasteiger partial charge in [-0.2, -0.15) is 0 Å². The Bertz CT molecular complexity index is 1170. The van der Waals surface area contributed by atoms with Gasteiger partial charge < -0.3 is 14.7 Å². The summed E-state index contributed by atoms with van der Waals surface area (Å²) in [6.45, 7) is 5.94. The van der Waals surface area contributed by atoms with Crippen molar-refractivity contribution in [3.05, 3.63) is 95.6 Å². The minimum Gasteiger partial charge on any atom is -0.438 e. The zero-order valence-corrected chi connectivity index (χ0v) is 20.3. The van der Waals surface area contributed by atoms with Crippen LogP contribution in [0.1, 0.15) is 57.2 Å². The van der Waals surface area contributed by atoms with Crippen LogP contribution in [0.25, 0.3) is 11.1 Å². The quantitative estimate of drug-likeness (QED) is 0.398. The minimum atomic E-state index is -0.871. The second-order valence-electron chi connectivity index (χ2n) is 9.91. The average molecular weight is 480 g/mol. The van der Waals surface area contributed by atoms with E-state index in [0.29, 0.717) is 36.9 Å². The summed E-state index contributed by atoms with van der Waals surface area (Å²) in [6, 6.07) is 20.2. The number of benzene rings is 3. The van der Waals surface area contributed by atoms with Crippen molar-refractivity contribution in [2.75, 3.05) is 6.54 Å². The molecule has 1 aliphatic rings. The number of hydrogen-bond donors (Lipinski definition) is 1. The highest BCUT2D eigenvalue weighted by Crippen LogP contribution is 2.41. The molecule has 1 saturated heterocycles. The summed E-state index contributed by atoms with van der Waals surface area (Å²) in [7, 11) is 0. The highest BCUT2D eigenvalue weighted by atomic mass is 19.1. The van der Waals surface area contributed by atoms with Gasteiger partial charge in [-0.3, -0.25) is 0 Å². The van der Waals surface area contributed by atoms with E-state index in [4.69, 9.17) is 4.74 Å². The first-order valence-corrected chi connectivity index (χ1v) is 11.9. The smallest absolute Gasteiger partial charge is 0.411 e. The van der Waals surface area contributed by atoms with Crippen LogP contribution < -0.4 is 0 Å². The van der Waals surface area contributed by atoms with E-state index < -0.39 is 28.9 Å². The maximum absolute atomic E-state index is 14.2. The zero-order chi connectivity index (χ0) is 25.2. The van der Waals surface area contributed by atoms with Gasteiger partial charge in [-0.25, -0.2) is 13.6 Å².